The van der Waals surface area contributed by atoms with Gasteiger partial charge < -0.3 is 0 Å². The Bertz CT molecular complexity index is 146. The third-order valence-corrected chi connectivity index (χ3v) is 3.33. The van der Waals surface area contributed by atoms with Crippen LogP contribution in [-0.2, 0) is 0 Å². The van der Waals surface area contributed by atoms with Crippen molar-refractivity contribution >= 4 is 0 Å². The van der Waals surface area contributed by atoms with Crippen LogP contribution < -0.4 is 0 Å². The van der Waals surface area contributed by atoms with E-state index in [4.69, 9.17) is 0 Å². The van der Waals surface area contributed by atoms with Gasteiger partial charge in [-0.2, -0.15) is 0 Å². The molecule has 0 aromatic heterocycles. The van der Waals surface area contributed by atoms with E-state index in [1.54, 1.807) is 0 Å². The predicted molar refractivity (Wildman–Crippen MR) is 75.8 cm³/mol. The molecule has 0 N–H and O–H groups in total. The molecule has 0 aromatic rings. The molecule has 0 aliphatic carbocycles. The largest absolute Gasteiger partial charge is 0.103 e. The highest BCUT2D eigenvalue weighted by atomic mass is 14.1. The lowest BCUT2D eigenvalue weighted by molar-refractivity contribution is 0.419. The van der Waals surface area contributed by atoms with Gasteiger partial charge in [0.05, 0.1) is 0 Å². The van der Waals surface area contributed by atoms with Gasteiger partial charge in [-0.15, -0.1) is 6.58 Å². The van der Waals surface area contributed by atoms with Crippen LogP contribution in [0.2, 0.25) is 0 Å². The zero-order chi connectivity index (χ0) is 12.2. The van der Waals surface area contributed by atoms with Crippen LogP contribution in [0.4, 0.5) is 0 Å². The molecule has 0 aliphatic rings. The smallest absolute Gasteiger partial charge is 0.0353 e. The molecule has 0 aliphatic heterocycles. The SMILES string of the molecule is C=CCCCCCCC(C)CCCC(C)C. The van der Waals surface area contributed by atoms with Gasteiger partial charge in [0.25, 0.3) is 0 Å². The van der Waals surface area contributed by atoms with E-state index >= 15 is 0 Å². The van der Waals surface area contributed by atoms with E-state index in [1.165, 1.54) is 57.8 Å². The van der Waals surface area contributed by atoms with Crippen molar-refractivity contribution in [2.24, 2.45) is 11.8 Å². The van der Waals surface area contributed by atoms with E-state index in [-0.39, 0.29) is 0 Å². The summed E-state index contributed by atoms with van der Waals surface area (Å²) in [6, 6.07) is 0. The Balaban J connectivity index is 3.17. The zero-order valence-electron chi connectivity index (χ0n) is 11.8. The minimum atomic E-state index is 0.881. The lowest BCUT2D eigenvalue weighted by atomic mass is 9.95. The molecule has 0 nitrogen and oxygen atoms in total. The van der Waals surface area contributed by atoms with Crippen LogP contribution >= 0.6 is 0 Å². The van der Waals surface area contributed by atoms with Gasteiger partial charge >= 0.3 is 0 Å². The van der Waals surface area contributed by atoms with Gasteiger partial charge in [0, 0.05) is 0 Å². The first-order valence-electron chi connectivity index (χ1n) is 7.27. The Morgan fingerprint density at radius 2 is 1.44 bits per heavy atom. The van der Waals surface area contributed by atoms with Gasteiger partial charge in [-0.1, -0.05) is 71.8 Å². The molecule has 0 amide bonds. The molecule has 0 fully saturated rings. The monoisotopic (exact) mass is 224 g/mol. The first kappa shape index (κ1) is 15.7. The van der Waals surface area contributed by atoms with Gasteiger partial charge in [0.1, 0.15) is 0 Å². The molecule has 0 heteroatoms. The van der Waals surface area contributed by atoms with Gasteiger partial charge in [0.2, 0.25) is 0 Å². The van der Waals surface area contributed by atoms with E-state index in [0.29, 0.717) is 0 Å². The maximum absolute atomic E-state index is 3.75. The highest BCUT2D eigenvalue weighted by molar-refractivity contribution is 4.65. The van der Waals surface area contributed by atoms with Crippen molar-refractivity contribution in [2.75, 3.05) is 0 Å². The van der Waals surface area contributed by atoms with E-state index in [9.17, 15) is 0 Å². The van der Waals surface area contributed by atoms with Crippen LogP contribution in [0.3, 0.4) is 0 Å². The minimum Gasteiger partial charge on any atom is -0.103 e. The van der Waals surface area contributed by atoms with Crippen LogP contribution in [0.25, 0.3) is 0 Å². The molecular weight excluding hydrogens is 192 g/mol. The van der Waals surface area contributed by atoms with Crippen molar-refractivity contribution < 1.29 is 0 Å². The van der Waals surface area contributed by atoms with E-state index in [1.807, 2.05) is 6.08 Å². The molecule has 0 saturated heterocycles. The fraction of sp³-hybridized carbons (Fsp3) is 0.875. The second-order valence-corrected chi connectivity index (χ2v) is 5.71. The molecule has 0 rings (SSSR count). The Morgan fingerprint density at radius 3 is 2.06 bits per heavy atom. The predicted octanol–water partition coefficient (Wildman–Crippen LogP) is 5.98. The average Bonchev–Trinajstić information content (AvgIpc) is 2.22. The van der Waals surface area contributed by atoms with Crippen molar-refractivity contribution in [1.29, 1.82) is 0 Å². The fourth-order valence-electron chi connectivity index (χ4n) is 2.15. The standard InChI is InChI=1S/C16H32/c1-5-6-7-8-9-10-13-16(4)14-11-12-15(2)3/h5,15-16H,1,6-14H2,2-4H3. The molecule has 16 heavy (non-hydrogen) atoms. The maximum atomic E-state index is 3.75. The molecule has 0 spiro atoms. The van der Waals surface area contributed by atoms with Crippen molar-refractivity contribution in [1.82, 2.24) is 0 Å². The molecule has 0 bridgehead atoms. The Labute approximate surface area is 104 Å². The van der Waals surface area contributed by atoms with Gasteiger partial charge in [-0.3, -0.25) is 0 Å². The van der Waals surface area contributed by atoms with Crippen LogP contribution in [0.5, 0.6) is 0 Å². The third kappa shape index (κ3) is 11.8. The lowest BCUT2D eigenvalue weighted by Crippen LogP contribution is -1.96. The first-order chi connectivity index (χ1) is 7.66. The maximum Gasteiger partial charge on any atom is -0.0353 e. The Morgan fingerprint density at radius 1 is 0.812 bits per heavy atom. The van der Waals surface area contributed by atoms with Gasteiger partial charge in [0.15, 0.2) is 0 Å². The summed E-state index contributed by atoms with van der Waals surface area (Å²) in [6.07, 6.45) is 14.5. The summed E-state index contributed by atoms with van der Waals surface area (Å²) >= 11 is 0. The summed E-state index contributed by atoms with van der Waals surface area (Å²) in [6.45, 7) is 10.8. The minimum absolute atomic E-state index is 0.881. The van der Waals surface area contributed by atoms with E-state index in [0.717, 1.165) is 11.8 Å². The summed E-state index contributed by atoms with van der Waals surface area (Å²) in [5.41, 5.74) is 0. The van der Waals surface area contributed by atoms with Crippen molar-refractivity contribution in [3.63, 3.8) is 0 Å². The molecular formula is C16H32. The second kappa shape index (κ2) is 11.2. The van der Waals surface area contributed by atoms with Crippen LogP contribution in [0.15, 0.2) is 12.7 Å². The summed E-state index contributed by atoms with van der Waals surface area (Å²) in [5.74, 6) is 1.82. The molecule has 0 aromatic carbocycles. The highest BCUT2D eigenvalue weighted by Gasteiger charge is 2.02. The number of unbranched alkanes of at least 4 members (excludes halogenated alkanes) is 4. The summed E-state index contributed by atoms with van der Waals surface area (Å²) in [7, 11) is 0. The number of hydrogen-bond acceptors (Lipinski definition) is 0. The third-order valence-electron chi connectivity index (χ3n) is 3.33. The normalized spacial score (nSPS) is 13.0. The second-order valence-electron chi connectivity index (χ2n) is 5.71. The molecule has 0 heterocycles. The fourth-order valence-corrected chi connectivity index (χ4v) is 2.15. The van der Waals surface area contributed by atoms with E-state index in [2.05, 4.69) is 27.4 Å². The van der Waals surface area contributed by atoms with Gasteiger partial charge in [-0.25, -0.2) is 0 Å². The summed E-state index contributed by atoms with van der Waals surface area (Å²) < 4.78 is 0. The molecule has 1 atom stereocenters. The summed E-state index contributed by atoms with van der Waals surface area (Å²) in [5, 5.41) is 0. The van der Waals surface area contributed by atoms with E-state index < -0.39 is 0 Å². The number of rotatable bonds is 11. The Hall–Kier alpha value is -0.260. The van der Waals surface area contributed by atoms with Gasteiger partial charge in [-0.05, 0) is 24.7 Å². The van der Waals surface area contributed by atoms with Crippen LogP contribution in [0, 0.1) is 11.8 Å². The zero-order valence-corrected chi connectivity index (χ0v) is 11.8. The van der Waals surface area contributed by atoms with Crippen LogP contribution in [-0.4, -0.2) is 0 Å². The van der Waals surface area contributed by atoms with Crippen molar-refractivity contribution in [3.8, 4) is 0 Å². The topological polar surface area (TPSA) is 0 Å². The molecule has 1 unspecified atom stereocenters. The van der Waals surface area contributed by atoms with Crippen molar-refractivity contribution in [2.45, 2.75) is 78.6 Å². The average molecular weight is 224 g/mol. The first-order valence-corrected chi connectivity index (χ1v) is 7.27. The molecule has 0 radical (unpaired) electrons. The quantitative estimate of drug-likeness (QED) is 0.299. The van der Waals surface area contributed by atoms with Crippen molar-refractivity contribution in [3.05, 3.63) is 12.7 Å². The highest BCUT2D eigenvalue weighted by Crippen LogP contribution is 2.18. The number of hydrogen-bond donors (Lipinski definition) is 0. The number of allylic oxidation sites excluding steroid dienone is 1. The Kier molecular flexibility index (Phi) is 11.0. The summed E-state index contributed by atoms with van der Waals surface area (Å²) in [4.78, 5) is 0. The van der Waals surface area contributed by atoms with Crippen LogP contribution in [0.1, 0.15) is 78.6 Å². The lowest BCUT2D eigenvalue weighted by Gasteiger charge is -2.11. The molecule has 96 valence electrons. The molecule has 0 saturated carbocycles.